The molecular weight excluding hydrogens is 528 g/mol. The molecule has 200 valence electrons. The molecule has 7 rings (SSSR count). The maximum absolute atomic E-state index is 14.2. The van der Waals surface area contributed by atoms with Gasteiger partial charge in [-0.2, -0.15) is 0 Å². The third-order valence-electron chi connectivity index (χ3n) is 8.63. The summed E-state index contributed by atoms with van der Waals surface area (Å²) in [5, 5.41) is 7.92. The molecule has 40 heavy (non-hydrogen) atoms. The van der Waals surface area contributed by atoms with Gasteiger partial charge in [-0.05, 0) is 73.9 Å². The Morgan fingerprint density at radius 3 is 2.52 bits per heavy atom. The van der Waals surface area contributed by atoms with Crippen LogP contribution in [-0.2, 0) is 26.3 Å². The first-order valence-corrected chi connectivity index (χ1v) is 13.5. The Kier molecular flexibility index (Phi) is 5.33. The molecule has 3 aliphatic rings. The number of nitrogens with one attached hydrogen (secondary N) is 3. The number of carbonyl (C=O) groups is 4. The first kappa shape index (κ1) is 24.7. The number of Topliss-reactive ketones (excluding diaryl/α,β-unsaturated/α-hetero) is 1. The lowest BCUT2D eigenvalue weighted by atomic mass is 9.76. The molecule has 3 amide bonds. The number of rotatable bonds is 4. The number of imide groups is 1. The number of amides is 3. The van der Waals surface area contributed by atoms with Gasteiger partial charge in [0.15, 0.2) is 5.78 Å². The van der Waals surface area contributed by atoms with E-state index in [0.717, 1.165) is 22.0 Å². The van der Waals surface area contributed by atoms with Crippen LogP contribution in [0.5, 0.6) is 0 Å². The third-order valence-corrected chi connectivity index (χ3v) is 8.85. The van der Waals surface area contributed by atoms with E-state index in [0.29, 0.717) is 33.9 Å². The smallest absolute Gasteiger partial charge is 0.250 e. The van der Waals surface area contributed by atoms with Crippen LogP contribution in [0.25, 0.3) is 10.9 Å². The molecule has 0 saturated carbocycles. The van der Waals surface area contributed by atoms with E-state index in [4.69, 9.17) is 11.6 Å². The van der Waals surface area contributed by atoms with Gasteiger partial charge in [-0.3, -0.25) is 24.5 Å². The summed E-state index contributed by atoms with van der Waals surface area (Å²) in [5.41, 5.74) is 3.30. The molecule has 2 fully saturated rings. The van der Waals surface area contributed by atoms with Crippen molar-refractivity contribution in [1.82, 2.24) is 10.3 Å². The minimum Gasteiger partial charge on any atom is -0.361 e. The van der Waals surface area contributed by atoms with Gasteiger partial charge in [-0.25, -0.2) is 4.90 Å². The fourth-order valence-corrected chi connectivity index (χ4v) is 7.12. The highest BCUT2D eigenvalue weighted by atomic mass is 35.5. The van der Waals surface area contributed by atoms with E-state index in [1.807, 2.05) is 37.4 Å². The number of fused-ring (bicyclic) bond motifs is 5. The molecule has 1 spiro atoms. The van der Waals surface area contributed by atoms with Crippen molar-refractivity contribution in [3.8, 4) is 0 Å². The van der Waals surface area contributed by atoms with Crippen LogP contribution in [-0.4, -0.2) is 34.5 Å². The van der Waals surface area contributed by atoms with Crippen molar-refractivity contribution in [2.75, 3.05) is 10.2 Å². The first-order chi connectivity index (χ1) is 19.2. The second kappa shape index (κ2) is 8.61. The third kappa shape index (κ3) is 3.29. The van der Waals surface area contributed by atoms with E-state index in [9.17, 15) is 19.2 Å². The second-order valence-corrected chi connectivity index (χ2v) is 11.3. The molecule has 2 saturated heterocycles. The van der Waals surface area contributed by atoms with Crippen molar-refractivity contribution < 1.29 is 19.2 Å². The van der Waals surface area contributed by atoms with E-state index < -0.39 is 29.3 Å². The van der Waals surface area contributed by atoms with Gasteiger partial charge in [0.2, 0.25) is 17.7 Å². The van der Waals surface area contributed by atoms with E-state index in [1.54, 1.807) is 36.4 Å². The summed E-state index contributed by atoms with van der Waals surface area (Å²) in [7, 11) is 0. The van der Waals surface area contributed by atoms with Crippen molar-refractivity contribution in [2.45, 2.75) is 31.8 Å². The number of anilines is 2. The van der Waals surface area contributed by atoms with Crippen molar-refractivity contribution in [3.63, 3.8) is 0 Å². The predicted molar refractivity (Wildman–Crippen MR) is 151 cm³/mol. The number of benzene rings is 3. The number of aryl methyl sites for hydroxylation is 1. The standard InChI is InChI=1S/C31H25ClN4O4/c1-15-11-19(32)13-22-27(15)34-30(40)31(22)26-25(24(35-31)12-18-14-33-23-6-4-3-5-21(18)23)28(38)36(29(26)39)20-9-7-17(8-10-20)16(2)37/h3-11,13-14,24-26,33,35H,12H2,1-2H3,(H,34,40)/t24-,25+,26+,31+/m0/s1. The highest BCUT2D eigenvalue weighted by Gasteiger charge is 2.70. The van der Waals surface area contributed by atoms with Gasteiger partial charge in [0.1, 0.15) is 5.54 Å². The Morgan fingerprint density at radius 1 is 1.02 bits per heavy atom. The summed E-state index contributed by atoms with van der Waals surface area (Å²) in [5.74, 6) is -3.11. The van der Waals surface area contributed by atoms with Crippen LogP contribution >= 0.6 is 11.6 Å². The number of ketones is 1. The molecule has 4 atom stereocenters. The summed E-state index contributed by atoms with van der Waals surface area (Å²) in [4.78, 5) is 58.5. The average Bonchev–Trinajstić information content (AvgIpc) is 3.64. The lowest BCUT2D eigenvalue weighted by molar-refractivity contribution is -0.130. The Balaban J connectivity index is 1.38. The first-order valence-electron chi connectivity index (χ1n) is 13.1. The van der Waals surface area contributed by atoms with Crippen molar-refractivity contribution in [1.29, 1.82) is 0 Å². The Hall–Kier alpha value is -4.27. The summed E-state index contributed by atoms with van der Waals surface area (Å²) >= 11 is 6.47. The molecule has 9 heteroatoms. The monoisotopic (exact) mass is 552 g/mol. The van der Waals surface area contributed by atoms with Gasteiger partial charge < -0.3 is 10.3 Å². The number of hydrogen-bond donors (Lipinski definition) is 3. The summed E-state index contributed by atoms with van der Waals surface area (Å²) in [6.07, 6.45) is 2.33. The molecular formula is C31H25ClN4O4. The van der Waals surface area contributed by atoms with Crippen molar-refractivity contribution >= 4 is 57.4 Å². The van der Waals surface area contributed by atoms with Gasteiger partial charge in [0.25, 0.3) is 0 Å². The van der Waals surface area contributed by atoms with Gasteiger partial charge in [-0.1, -0.05) is 29.8 Å². The van der Waals surface area contributed by atoms with Crippen molar-refractivity contribution in [3.05, 3.63) is 94.1 Å². The molecule has 0 unspecified atom stereocenters. The fraction of sp³-hybridized carbons (Fsp3) is 0.226. The molecule has 4 heterocycles. The molecule has 0 radical (unpaired) electrons. The largest absolute Gasteiger partial charge is 0.361 e. The quantitative estimate of drug-likeness (QED) is 0.255. The normalized spacial score (nSPS) is 25.1. The zero-order valence-corrected chi connectivity index (χ0v) is 22.5. The van der Waals surface area contributed by atoms with Gasteiger partial charge in [0, 0.05) is 45.0 Å². The Bertz CT molecular complexity index is 1780. The molecule has 1 aromatic heterocycles. The number of para-hydroxylation sites is 1. The molecule has 3 aromatic carbocycles. The molecule has 3 N–H and O–H groups in total. The topological polar surface area (TPSA) is 111 Å². The van der Waals surface area contributed by atoms with Crippen LogP contribution in [0, 0.1) is 18.8 Å². The van der Waals surface area contributed by atoms with Crippen LogP contribution < -0.4 is 15.5 Å². The minimum atomic E-state index is -1.47. The number of nitrogens with zero attached hydrogens (tertiary/aromatic N) is 1. The summed E-state index contributed by atoms with van der Waals surface area (Å²) < 4.78 is 0. The molecule has 8 nitrogen and oxygen atoms in total. The van der Waals surface area contributed by atoms with Crippen LogP contribution in [0.15, 0.2) is 66.9 Å². The van der Waals surface area contributed by atoms with Gasteiger partial charge >= 0.3 is 0 Å². The fourth-order valence-electron chi connectivity index (χ4n) is 6.85. The van der Waals surface area contributed by atoms with E-state index in [2.05, 4.69) is 15.6 Å². The van der Waals surface area contributed by atoms with Crippen LogP contribution in [0.3, 0.4) is 0 Å². The Morgan fingerprint density at radius 2 is 1.77 bits per heavy atom. The summed E-state index contributed by atoms with van der Waals surface area (Å²) in [6, 6.07) is 17.3. The van der Waals surface area contributed by atoms with Gasteiger partial charge in [-0.15, -0.1) is 0 Å². The van der Waals surface area contributed by atoms with E-state index in [-0.39, 0.29) is 17.6 Å². The number of aromatic nitrogens is 1. The Labute approximate surface area is 234 Å². The SMILES string of the molecule is CC(=O)c1ccc(N2C(=O)[C@@H]3[C@H](Cc4c[nH]c5ccccc45)N[C@@]4(C(=O)Nc5c(C)cc(Cl)cc54)[C@H]3C2=O)cc1. The van der Waals surface area contributed by atoms with Crippen LogP contribution in [0.1, 0.15) is 34.0 Å². The summed E-state index contributed by atoms with van der Waals surface area (Å²) in [6.45, 7) is 3.31. The zero-order valence-electron chi connectivity index (χ0n) is 21.7. The highest BCUT2D eigenvalue weighted by Crippen LogP contribution is 2.55. The van der Waals surface area contributed by atoms with Gasteiger partial charge in [0.05, 0.1) is 17.5 Å². The number of hydrogen-bond acceptors (Lipinski definition) is 5. The maximum atomic E-state index is 14.2. The average molecular weight is 553 g/mol. The van der Waals surface area contributed by atoms with E-state index in [1.165, 1.54) is 11.8 Å². The van der Waals surface area contributed by atoms with E-state index >= 15 is 0 Å². The zero-order chi connectivity index (χ0) is 27.9. The predicted octanol–water partition coefficient (Wildman–Crippen LogP) is 4.50. The number of H-pyrrole nitrogens is 1. The number of carbonyl (C=O) groups excluding carboxylic acids is 4. The molecule has 0 bridgehead atoms. The lowest BCUT2D eigenvalue weighted by Crippen LogP contribution is -2.53. The van der Waals surface area contributed by atoms with Crippen LogP contribution in [0.4, 0.5) is 11.4 Å². The molecule has 0 aliphatic carbocycles. The number of aromatic amines is 1. The lowest BCUT2D eigenvalue weighted by Gasteiger charge is -2.29. The second-order valence-electron chi connectivity index (χ2n) is 10.8. The minimum absolute atomic E-state index is 0.115. The van der Waals surface area contributed by atoms with Crippen molar-refractivity contribution in [2.24, 2.45) is 11.8 Å². The highest BCUT2D eigenvalue weighted by molar-refractivity contribution is 6.31. The molecule has 3 aliphatic heterocycles. The molecule has 4 aromatic rings. The maximum Gasteiger partial charge on any atom is 0.250 e. The van der Waals surface area contributed by atoms with Crippen LogP contribution in [0.2, 0.25) is 5.02 Å². The number of halogens is 1.